The molecular weight excluding hydrogens is 302 g/mol. The van der Waals surface area contributed by atoms with Gasteiger partial charge >= 0.3 is 6.03 Å². The fraction of sp³-hybridized carbons (Fsp3) is 0.632. The van der Waals surface area contributed by atoms with Crippen molar-refractivity contribution in [3.8, 4) is 0 Å². The van der Waals surface area contributed by atoms with Gasteiger partial charge in [-0.3, -0.25) is 0 Å². The van der Waals surface area contributed by atoms with Crippen LogP contribution in [0.1, 0.15) is 36.8 Å². The quantitative estimate of drug-likeness (QED) is 0.927. The number of carbonyl (C=O) groups excluding carboxylic acids is 1. The molecule has 130 valence electrons. The van der Waals surface area contributed by atoms with E-state index in [1.807, 2.05) is 17.0 Å². The number of hydrogen-bond donors (Lipinski definition) is 1. The first kappa shape index (κ1) is 15.9. The van der Waals surface area contributed by atoms with Crippen molar-refractivity contribution in [3.63, 3.8) is 0 Å². The van der Waals surface area contributed by atoms with Crippen molar-refractivity contribution in [1.82, 2.24) is 9.80 Å². The fourth-order valence-electron chi connectivity index (χ4n) is 4.13. The SMILES string of the molecule is O=C(Nc1ccc2c(c1)COC2)N1CC[C@H](CN2CCCCC2)C1. The lowest BCUT2D eigenvalue weighted by Crippen LogP contribution is -2.37. The molecule has 3 aliphatic heterocycles. The van der Waals surface area contributed by atoms with Gasteiger partial charge in [-0.1, -0.05) is 12.5 Å². The van der Waals surface area contributed by atoms with Crippen molar-refractivity contribution in [2.24, 2.45) is 5.92 Å². The molecular formula is C19H27N3O2. The minimum Gasteiger partial charge on any atom is -0.372 e. The van der Waals surface area contributed by atoms with Crippen molar-refractivity contribution in [2.75, 3.05) is 38.0 Å². The summed E-state index contributed by atoms with van der Waals surface area (Å²) >= 11 is 0. The lowest BCUT2D eigenvalue weighted by Gasteiger charge is -2.29. The molecule has 2 saturated heterocycles. The van der Waals surface area contributed by atoms with Gasteiger partial charge < -0.3 is 19.9 Å². The Morgan fingerprint density at radius 2 is 1.96 bits per heavy atom. The Labute approximate surface area is 144 Å². The summed E-state index contributed by atoms with van der Waals surface area (Å²) in [5.41, 5.74) is 3.30. The third-order valence-corrected chi connectivity index (χ3v) is 5.51. The second kappa shape index (κ2) is 7.11. The third-order valence-electron chi connectivity index (χ3n) is 5.51. The molecule has 0 spiro atoms. The summed E-state index contributed by atoms with van der Waals surface area (Å²) in [6.45, 7) is 6.73. The van der Waals surface area contributed by atoms with Crippen LogP contribution in [0.4, 0.5) is 10.5 Å². The number of nitrogens with zero attached hydrogens (tertiary/aromatic N) is 2. The molecule has 4 rings (SSSR count). The van der Waals surface area contributed by atoms with E-state index in [0.29, 0.717) is 19.1 Å². The number of likely N-dealkylation sites (tertiary alicyclic amines) is 2. The van der Waals surface area contributed by atoms with Crippen LogP contribution in [0.5, 0.6) is 0 Å². The predicted octanol–water partition coefficient (Wildman–Crippen LogP) is 3.06. The summed E-state index contributed by atoms with van der Waals surface area (Å²) in [6, 6.07) is 6.12. The van der Waals surface area contributed by atoms with E-state index in [0.717, 1.165) is 31.7 Å². The van der Waals surface area contributed by atoms with Gasteiger partial charge in [0.15, 0.2) is 0 Å². The van der Waals surface area contributed by atoms with E-state index in [1.54, 1.807) is 0 Å². The molecule has 0 radical (unpaired) electrons. The lowest BCUT2D eigenvalue weighted by molar-refractivity contribution is 0.134. The van der Waals surface area contributed by atoms with E-state index in [9.17, 15) is 4.79 Å². The highest BCUT2D eigenvalue weighted by Crippen LogP contribution is 2.24. The van der Waals surface area contributed by atoms with Crippen molar-refractivity contribution in [3.05, 3.63) is 29.3 Å². The molecule has 5 heteroatoms. The highest BCUT2D eigenvalue weighted by atomic mass is 16.5. The van der Waals surface area contributed by atoms with Crippen molar-refractivity contribution in [1.29, 1.82) is 0 Å². The van der Waals surface area contributed by atoms with Gasteiger partial charge in [-0.2, -0.15) is 0 Å². The van der Waals surface area contributed by atoms with Crippen molar-refractivity contribution >= 4 is 11.7 Å². The average molecular weight is 329 g/mol. The van der Waals surface area contributed by atoms with Gasteiger partial charge in [0, 0.05) is 25.3 Å². The number of fused-ring (bicyclic) bond motifs is 1. The number of ether oxygens (including phenoxy) is 1. The molecule has 2 amide bonds. The topological polar surface area (TPSA) is 44.8 Å². The average Bonchev–Trinajstić information content (AvgIpc) is 3.24. The van der Waals surface area contributed by atoms with Crippen LogP contribution in [0.2, 0.25) is 0 Å². The van der Waals surface area contributed by atoms with E-state index < -0.39 is 0 Å². The standard InChI is InChI=1S/C19H27N3O2/c23-19(20-18-5-4-16-13-24-14-17(16)10-18)22-9-6-15(12-22)11-21-7-2-1-3-8-21/h4-5,10,15H,1-3,6-9,11-14H2,(H,20,23)/t15-/m1/s1. The Bertz CT molecular complexity index is 598. The molecule has 3 aliphatic rings. The zero-order valence-corrected chi connectivity index (χ0v) is 14.3. The Hall–Kier alpha value is -1.59. The summed E-state index contributed by atoms with van der Waals surface area (Å²) in [7, 11) is 0. The van der Waals surface area contributed by atoms with Crippen LogP contribution in [0.3, 0.4) is 0 Å². The van der Waals surface area contributed by atoms with Crippen molar-refractivity contribution in [2.45, 2.75) is 38.9 Å². The molecule has 1 atom stereocenters. The smallest absolute Gasteiger partial charge is 0.321 e. The van der Waals surface area contributed by atoms with Crippen LogP contribution >= 0.6 is 0 Å². The molecule has 1 N–H and O–H groups in total. The van der Waals surface area contributed by atoms with Gasteiger partial charge in [-0.15, -0.1) is 0 Å². The van der Waals surface area contributed by atoms with Gasteiger partial charge in [0.25, 0.3) is 0 Å². The molecule has 5 nitrogen and oxygen atoms in total. The highest BCUT2D eigenvalue weighted by molar-refractivity contribution is 5.89. The summed E-state index contributed by atoms with van der Waals surface area (Å²) in [5.74, 6) is 0.627. The number of piperidine rings is 1. The molecule has 2 fully saturated rings. The van der Waals surface area contributed by atoms with Gasteiger partial charge in [-0.25, -0.2) is 4.79 Å². The molecule has 0 aliphatic carbocycles. The molecule has 3 heterocycles. The van der Waals surface area contributed by atoms with E-state index in [4.69, 9.17) is 4.74 Å². The lowest BCUT2D eigenvalue weighted by atomic mass is 10.1. The molecule has 1 aromatic rings. The van der Waals surface area contributed by atoms with E-state index in [1.165, 1.54) is 43.5 Å². The maximum atomic E-state index is 12.5. The van der Waals surface area contributed by atoms with Crippen LogP contribution in [0.15, 0.2) is 18.2 Å². The van der Waals surface area contributed by atoms with Gasteiger partial charge in [0.1, 0.15) is 0 Å². The summed E-state index contributed by atoms with van der Waals surface area (Å²) in [6.07, 6.45) is 5.17. The number of rotatable bonds is 3. The number of anilines is 1. The zero-order chi connectivity index (χ0) is 16.4. The third kappa shape index (κ3) is 3.57. The summed E-state index contributed by atoms with van der Waals surface area (Å²) in [4.78, 5) is 17.1. The molecule has 1 aromatic carbocycles. The van der Waals surface area contributed by atoms with E-state index in [2.05, 4.69) is 16.3 Å². The maximum absolute atomic E-state index is 12.5. The van der Waals surface area contributed by atoms with Crippen LogP contribution in [-0.4, -0.2) is 48.6 Å². The molecule has 0 aromatic heterocycles. The van der Waals surface area contributed by atoms with Crippen LogP contribution in [0, 0.1) is 5.92 Å². The number of urea groups is 1. The largest absolute Gasteiger partial charge is 0.372 e. The van der Waals surface area contributed by atoms with Crippen LogP contribution in [0.25, 0.3) is 0 Å². The van der Waals surface area contributed by atoms with Crippen molar-refractivity contribution < 1.29 is 9.53 Å². The second-order valence-electron chi connectivity index (χ2n) is 7.37. The molecule has 0 bridgehead atoms. The van der Waals surface area contributed by atoms with Crippen LogP contribution < -0.4 is 5.32 Å². The fourth-order valence-corrected chi connectivity index (χ4v) is 4.13. The first-order chi connectivity index (χ1) is 11.8. The molecule has 24 heavy (non-hydrogen) atoms. The van der Waals surface area contributed by atoms with Gasteiger partial charge in [0.05, 0.1) is 13.2 Å². The van der Waals surface area contributed by atoms with Gasteiger partial charge in [0.2, 0.25) is 0 Å². The Balaban J connectivity index is 1.29. The maximum Gasteiger partial charge on any atom is 0.321 e. The minimum atomic E-state index is 0.0370. The molecule has 0 saturated carbocycles. The van der Waals surface area contributed by atoms with Crippen LogP contribution in [-0.2, 0) is 18.0 Å². The van der Waals surface area contributed by atoms with E-state index >= 15 is 0 Å². The monoisotopic (exact) mass is 329 g/mol. The Morgan fingerprint density at radius 1 is 1.12 bits per heavy atom. The number of benzene rings is 1. The first-order valence-corrected chi connectivity index (χ1v) is 9.26. The number of nitrogens with one attached hydrogen (secondary N) is 1. The minimum absolute atomic E-state index is 0.0370. The Morgan fingerprint density at radius 3 is 2.83 bits per heavy atom. The van der Waals surface area contributed by atoms with Gasteiger partial charge in [-0.05, 0) is 61.5 Å². The highest BCUT2D eigenvalue weighted by Gasteiger charge is 2.28. The number of hydrogen-bond acceptors (Lipinski definition) is 3. The number of carbonyl (C=O) groups is 1. The Kier molecular flexibility index (Phi) is 4.72. The zero-order valence-electron chi connectivity index (χ0n) is 14.3. The number of amides is 2. The first-order valence-electron chi connectivity index (χ1n) is 9.26. The van der Waals surface area contributed by atoms with E-state index in [-0.39, 0.29) is 6.03 Å². The summed E-state index contributed by atoms with van der Waals surface area (Å²) < 4.78 is 5.43. The second-order valence-corrected chi connectivity index (χ2v) is 7.37. The summed E-state index contributed by atoms with van der Waals surface area (Å²) in [5, 5.41) is 3.06. The predicted molar refractivity (Wildman–Crippen MR) is 93.9 cm³/mol. The molecule has 0 unspecified atom stereocenters. The normalized spacial score (nSPS) is 24.2.